The van der Waals surface area contributed by atoms with Gasteiger partial charge in [0.15, 0.2) is 0 Å². The first-order valence-corrected chi connectivity index (χ1v) is 23.1. The van der Waals surface area contributed by atoms with Gasteiger partial charge in [-0.05, 0) is 89.4 Å². The molecule has 5 nitrogen and oxygen atoms in total. The standard InChI is InChI=1S/C59H49N5/c1-3-16-38(17-4-1)40-23-15-24-44(32-40)58-60-57(39-18-5-2-6-19-39)61-59(62-58)45-33-43-22-9-10-25-47(43)54(36-45)64-55-35-42-21-8-7-20-41(42)34-51(55)50-31-30-46(37-56(50)64)63-52-28-13-11-26-48(52)49-27-12-14-29-53(49)63/h1-16,18-19,21-23,25-38,41,44,50,56-58,60H,17,20,24H2,(H,61,62). The van der Waals surface area contributed by atoms with Gasteiger partial charge in [0.2, 0.25) is 0 Å². The van der Waals surface area contributed by atoms with Crippen LogP contribution in [0.4, 0.5) is 5.69 Å². The molecule has 1 fully saturated rings. The summed E-state index contributed by atoms with van der Waals surface area (Å²) < 4.78 is 2.47. The number of para-hydroxylation sites is 2. The van der Waals surface area contributed by atoms with Crippen molar-refractivity contribution < 1.29 is 0 Å². The van der Waals surface area contributed by atoms with Crippen LogP contribution in [-0.4, -0.2) is 22.6 Å². The van der Waals surface area contributed by atoms with Crippen molar-refractivity contribution in [1.82, 2.24) is 15.2 Å². The van der Waals surface area contributed by atoms with E-state index in [0.717, 1.165) is 36.2 Å². The molecule has 2 aliphatic heterocycles. The first kappa shape index (κ1) is 37.4. The molecule has 64 heavy (non-hydrogen) atoms. The molecule has 5 heteroatoms. The van der Waals surface area contributed by atoms with E-state index < -0.39 is 0 Å². The Morgan fingerprint density at radius 3 is 2.22 bits per heavy atom. The number of amidine groups is 1. The molecular weight excluding hydrogens is 779 g/mol. The molecule has 2 N–H and O–H groups in total. The lowest BCUT2D eigenvalue weighted by Crippen LogP contribution is -2.54. The van der Waals surface area contributed by atoms with Crippen LogP contribution in [0.1, 0.15) is 36.6 Å². The van der Waals surface area contributed by atoms with E-state index in [9.17, 15) is 0 Å². The van der Waals surface area contributed by atoms with Gasteiger partial charge in [0.05, 0.1) is 28.9 Å². The Bertz CT molecular complexity index is 3200. The van der Waals surface area contributed by atoms with Crippen LogP contribution in [0, 0.1) is 23.7 Å². The number of anilines is 1. The minimum atomic E-state index is -0.201. The Morgan fingerprint density at radius 2 is 1.39 bits per heavy atom. The Hall–Kier alpha value is -7.21. The van der Waals surface area contributed by atoms with E-state index in [2.05, 4.69) is 227 Å². The molecule has 0 saturated carbocycles. The van der Waals surface area contributed by atoms with Crippen LogP contribution in [-0.2, 0) is 0 Å². The molecule has 0 bridgehead atoms. The molecule has 0 spiro atoms. The summed E-state index contributed by atoms with van der Waals surface area (Å²) in [4.78, 5) is 8.18. The van der Waals surface area contributed by atoms with Crippen LogP contribution in [0.3, 0.4) is 0 Å². The van der Waals surface area contributed by atoms with Gasteiger partial charge in [-0.25, -0.2) is 4.99 Å². The number of hydrogen-bond acceptors (Lipinski definition) is 4. The van der Waals surface area contributed by atoms with Crippen molar-refractivity contribution >= 4 is 49.8 Å². The van der Waals surface area contributed by atoms with Crippen molar-refractivity contribution in [2.24, 2.45) is 28.7 Å². The topological polar surface area (TPSA) is 44.6 Å². The van der Waals surface area contributed by atoms with Crippen molar-refractivity contribution in [3.63, 3.8) is 0 Å². The molecule has 5 aliphatic carbocycles. The fourth-order valence-corrected chi connectivity index (χ4v) is 11.4. The van der Waals surface area contributed by atoms with Crippen LogP contribution in [0.2, 0.25) is 0 Å². The first-order chi connectivity index (χ1) is 31.7. The Morgan fingerprint density at radius 1 is 0.625 bits per heavy atom. The molecule has 3 heterocycles. The lowest BCUT2D eigenvalue weighted by Gasteiger charge is -2.37. The second kappa shape index (κ2) is 15.3. The van der Waals surface area contributed by atoms with Crippen molar-refractivity contribution in [2.45, 2.75) is 37.6 Å². The fraction of sp³-hybridized carbons (Fsp3) is 0.169. The molecule has 7 aliphatic rings. The minimum Gasteiger partial charge on any atom is -0.354 e. The van der Waals surface area contributed by atoms with Gasteiger partial charge >= 0.3 is 0 Å². The predicted molar refractivity (Wildman–Crippen MR) is 266 cm³/mol. The number of hydrogen-bond donors (Lipinski definition) is 2. The van der Waals surface area contributed by atoms with E-state index in [1.54, 1.807) is 0 Å². The van der Waals surface area contributed by atoms with Gasteiger partial charge < -0.3 is 14.8 Å². The van der Waals surface area contributed by atoms with Crippen molar-refractivity contribution in [2.75, 3.05) is 4.90 Å². The monoisotopic (exact) mass is 827 g/mol. The van der Waals surface area contributed by atoms with Crippen LogP contribution in [0.25, 0.3) is 38.3 Å². The smallest absolute Gasteiger partial charge is 0.131 e. The lowest BCUT2D eigenvalue weighted by atomic mass is 9.80. The number of allylic oxidation sites excluding steroid dienone is 16. The highest BCUT2D eigenvalue weighted by atomic mass is 15.3. The normalized spacial score (nSPS) is 26.7. The summed E-state index contributed by atoms with van der Waals surface area (Å²) in [5.74, 6) is 2.16. The highest BCUT2D eigenvalue weighted by molar-refractivity contribution is 6.11. The molecule has 1 aromatic heterocycles. The minimum absolute atomic E-state index is 0.0224. The highest BCUT2D eigenvalue weighted by Gasteiger charge is 2.44. The van der Waals surface area contributed by atoms with Gasteiger partial charge in [-0.3, -0.25) is 5.32 Å². The number of benzene rings is 5. The maximum absolute atomic E-state index is 5.52. The third-order valence-electron chi connectivity index (χ3n) is 14.5. The molecule has 5 aromatic carbocycles. The maximum Gasteiger partial charge on any atom is 0.131 e. The van der Waals surface area contributed by atoms with E-state index in [1.807, 2.05) is 0 Å². The molecule has 6 aromatic rings. The van der Waals surface area contributed by atoms with E-state index >= 15 is 0 Å². The van der Waals surface area contributed by atoms with E-state index in [-0.39, 0.29) is 30.2 Å². The Labute approximate surface area is 374 Å². The van der Waals surface area contributed by atoms with Gasteiger partial charge in [0.1, 0.15) is 12.0 Å². The van der Waals surface area contributed by atoms with Crippen LogP contribution in [0.5, 0.6) is 0 Å². The molecule has 7 atom stereocenters. The summed E-state index contributed by atoms with van der Waals surface area (Å²) in [6.45, 7) is 0. The van der Waals surface area contributed by atoms with Gasteiger partial charge in [0, 0.05) is 56.8 Å². The summed E-state index contributed by atoms with van der Waals surface area (Å²) in [5.41, 5.74) is 12.6. The van der Waals surface area contributed by atoms with Crippen LogP contribution >= 0.6 is 0 Å². The van der Waals surface area contributed by atoms with Crippen molar-refractivity contribution in [3.8, 4) is 0 Å². The van der Waals surface area contributed by atoms with Crippen molar-refractivity contribution in [3.05, 3.63) is 240 Å². The third kappa shape index (κ3) is 6.21. The van der Waals surface area contributed by atoms with Crippen molar-refractivity contribution in [1.29, 1.82) is 0 Å². The largest absolute Gasteiger partial charge is 0.354 e. The highest BCUT2D eigenvalue weighted by Crippen LogP contribution is 2.51. The molecule has 0 radical (unpaired) electrons. The zero-order valence-corrected chi connectivity index (χ0v) is 35.6. The summed E-state index contributed by atoms with van der Waals surface area (Å²) >= 11 is 0. The molecular formula is C59H49N5. The third-order valence-corrected chi connectivity index (χ3v) is 14.5. The number of nitrogens with zero attached hydrogens (tertiary/aromatic N) is 3. The first-order valence-electron chi connectivity index (χ1n) is 23.1. The zero-order valence-electron chi connectivity index (χ0n) is 35.6. The Kier molecular flexibility index (Phi) is 8.90. The molecule has 1 saturated heterocycles. The summed E-state index contributed by atoms with van der Waals surface area (Å²) in [5, 5.41) is 12.9. The van der Waals surface area contributed by atoms with Gasteiger partial charge in [-0.2, -0.15) is 0 Å². The summed E-state index contributed by atoms with van der Waals surface area (Å²) in [6.07, 6.45) is 38.3. The average Bonchev–Trinajstić information content (AvgIpc) is 3.87. The van der Waals surface area contributed by atoms with E-state index in [4.69, 9.17) is 4.99 Å². The average molecular weight is 828 g/mol. The SMILES string of the molecule is C1=CCC(C2=CC(C3NC(c4cc(N5C6=CC7=CC=CCC7C=C6C6C=CC(n7c8ccccc8c8ccccc87)=CC65)c5ccccc5c4)=NC(c4ccccc4)N3)CC=C2)C=C1. The molecule has 310 valence electrons. The molecule has 0 amide bonds. The summed E-state index contributed by atoms with van der Waals surface area (Å²) in [6, 6.07) is 42.2. The number of nitrogens with one attached hydrogen (secondary N) is 2. The van der Waals surface area contributed by atoms with Gasteiger partial charge in [-0.1, -0.05) is 164 Å². The fourth-order valence-electron chi connectivity index (χ4n) is 11.4. The van der Waals surface area contributed by atoms with E-state index in [0.29, 0.717) is 11.8 Å². The second-order valence-electron chi connectivity index (χ2n) is 18.2. The molecule has 13 rings (SSSR count). The van der Waals surface area contributed by atoms with Gasteiger partial charge in [-0.15, -0.1) is 0 Å². The van der Waals surface area contributed by atoms with Crippen LogP contribution < -0.4 is 15.5 Å². The summed E-state index contributed by atoms with van der Waals surface area (Å²) in [7, 11) is 0. The number of fused-ring (bicyclic) bond motifs is 8. The second-order valence-corrected chi connectivity index (χ2v) is 18.2. The number of aliphatic imine (C=N–C) groups is 1. The number of aromatic nitrogens is 1. The van der Waals surface area contributed by atoms with Gasteiger partial charge in [0.25, 0.3) is 0 Å². The number of rotatable bonds is 6. The maximum atomic E-state index is 5.52. The lowest BCUT2D eigenvalue weighted by molar-refractivity contribution is 0.326. The molecule has 7 unspecified atom stereocenters. The van der Waals surface area contributed by atoms with Crippen LogP contribution in [0.15, 0.2) is 234 Å². The van der Waals surface area contributed by atoms with E-state index in [1.165, 1.54) is 66.4 Å². The Balaban J connectivity index is 0.967. The quantitative estimate of drug-likeness (QED) is 0.176. The predicted octanol–water partition coefficient (Wildman–Crippen LogP) is 12.8. The zero-order chi connectivity index (χ0) is 42.1.